The lowest BCUT2D eigenvalue weighted by atomic mass is 10.2. The molecule has 5 nitrogen and oxygen atoms in total. The minimum Gasteiger partial charge on any atom is -0.395 e. The van der Waals surface area contributed by atoms with E-state index in [4.69, 9.17) is 5.11 Å². The molecule has 0 aliphatic carbocycles. The SMILES string of the molecule is O=C(NCCO)c1ccc(-c2ccccn2)nc1. The predicted octanol–water partition coefficient (Wildman–Crippen LogP) is 0.866. The number of carbonyl (C=O) groups excluding carboxylic acids is 1. The van der Waals surface area contributed by atoms with Gasteiger partial charge in [-0.3, -0.25) is 14.8 Å². The Balaban J connectivity index is 2.13. The smallest absolute Gasteiger partial charge is 0.252 e. The van der Waals surface area contributed by atoms with Crippen molar-refractivity contribution < 1.29 is 9.90 Å². The van der Waals surface area contributed by atoms with Gasteiger partial charge >= 0.3 is 0 Å². The van der Waals surface area contributed by atoms with Gasteiger partial charge in [-0.25, -0.2) is 0 Å². The lowest BCUT2D eigenvalue weighted by Gasteiger charge is -2.04. The van der Waals surface area contributed by atoms with E-state index in [9.17, 15) is 4.79 Å². The quantitative estimate of drug-likeness (QED) is 0.835. The second kappa shape index (κ2) is 5.88. The molecule has 2 N–H and O–H groups in total. The second-order valence-corrected chi connectivity index (χ2v) is 3.63. The molecule has 2 heterocycles. The van der Waals surface area contributed by atoms with Gasteiger partial charge in [0.25, 0.3) is 5.91 Å². The summed E-state index contributed by atoms with van der Waals surface area (Å²) in [5.41, 5.74) is 1.94. The molecule has 1 amide bonds. The van der Waals surface area contributed by atoms with Gasteiger partial charge in [-0.05, 0) is 24.3 Å². The van der Waals surface area contributed by atoms with Crippen molar-refractivity contribution in [3.8, 4) is 11.4 Å². The highest BCUT2D eigenvalue weighted by Crippen LogP contribution is 2.13. The van der Waals surface area contributed by atoms with E-state index in [1.807, 2.05) is 18.2 Å². The minimum absolute atomic E-state index is 0.0782. The van der Waals surface area contributed by atoms with Gasteiger partial charge in [-0.2, -0.15) is 0 Å². The van der Waals surface area contributed by atoms with Gasteiger partial charge in [-0.1, -0.05) is 6.07 Å². The molecule has 92 valence electrons. The molecule has 0 bridgehead atoms. The first kappa shape index (κ1) is 12.2. The molecule has 0 unspecified atom stereocenters. The minimum atomic E-state index is -0.246. The van der Waals surface area contributed by atoms with E-state index in [2.05, 4.69) is 15.3 Å². The highest BCUT2D eigenvalue weighted by molar-refractivity contribution is 5.94. The Labute approximate surface area is 105 Å². The van der Waals surface area contributed by atoms with Gasteiger partial charge in [0.1, 0.15) is 0 Å². The molecule has 0 fully saturated rings. The highest BCUT2D eigenvalue weighted by Gasteiger charge is 2.06. The molecule has 2 rings (SSSR count). The van der Waals surface area contributed by atoms with Crippen LogP contribution in [-0.2, 0) is 0 Å². The highest BCUT2D eigenvalue weighted by atomic mass is 16.3. The molecule has 0 radical (unpaired) electrons. The van der Waals surface area contributed by atoms with E-state index in [1.165, 1.54) is 6.20 Å². The zero-order valence-electron chi connectivity index (χ0n) is 9.71. The molecule has 2 aromatic rings. The fourth-order valence-corrected chi connectivity index (χ4v) is 1.47. The first-order valence-electron chi connectivity index (χ1n) is 5.58. The summed E-state index contributed by atoms with van der Waals surface area (Å²) < 4.78 is 0. The Bertz CT molecular complexity index is 512. The monoisotopic (exact) mass is 243 g/mol. The van der Waals surface area contributed by atoms with Gasteiger partial charge in [0.2, 0.25) is 0 Å². The molecule has 0 aromatic carbocycles. The third-order valence-corrected chi connectivity index (χ3v) is 2.35. The van der Waals surface area contributed by atoms with E-state index < -0.39 is 0 Å². The number of nitrogens with zero attached hydrogens (tertiary/aromatic N) is 2. The van der Waals surface area contributed by atoms with E-state index >= 15 is 0 Å². The number of hydrogen-bond acceptors (Lipinski definition) is 4. The summed E-state index contributed by atoms with van der Waals surface area (Å²) in [6.45, 7) is 0.159. The topological polar surface area (TPSA) is 75.1 Å². The molecule has 18 heavy (non-hydrogen) atoms. The van der Waals surface area contributed by atoms with Crippen LogP contribution in [0.3, 0.4) is 0 Å². The Morgan fingerprint density at radius 3 is 2.61 bits per heavy atom. The Hall–Kier alpha value is -2.27. The van der Waals surface area contributed by atoms with Crippen molar-refractivity contribution >= 4 is 5.91 Å². The molecule has 0 atom stereocenters. The van der Waals surface area contributed by atoms with Crippen LogP contribution in [0.4, 0.5) is 0 Å². The number of carbonyl (C=O) groups is 1. The molecular weight excluding hydrogens is 230 g/mol. The van der Waals surface area contributed by atoms with Gasteiger partial charge < -0.3 is 10.4 Å². The number of pyridine rings is 2. The van der Waals surface area contributed by atoms with Crippen LogP contribution < -0.4 is 5.32 Å². The zero-order valence-corrected chi connectivity index (χ0v) is 9.71. The van der Waals surface area contributed by atoms with E-state index in [0.29, 0.717) is 11.3 Å². The van der Waals surface area contributed by atoms with Crippen molar-refractivity contribution in [3.63, 3.8) is 0 Å². The van der Waals surface area contributed by atoms with E-state index in [0.717, 1.165) is 5.69 Å². The van der Waals surface area contributed by atoms with Crippen LogP contribution in [0.15, 0.2) is 42.7 Å². The van der Waals surface area contributed by atoms with Crippen molar-refractivity contribution in [2.45, 2.75) is 0 Å². The van der Waals surface area contributed by atoms with Crippen LogP contribution in [0, 0.1) is 0 Å². The fourth-order valence-electron chi connectivity index (χ4n) is 1.47. The molecule has 0 spiro atoms. The first-order valence-corrected chi connectivity index (χ1v) is 5.58. The Morgan fingerprint density at radius 2 is 2.00 bits per heavy atom. The summed E-state index contributed by atoms with van der Waals surface area (Å²) in [5.74, 6) is -0.246. The summed E-state index contributed by atoms with van der Waals surface area (Å²) in [6.07, 6.45) is 3.19. The maximum absolute atomic E-state index is 11.6. The van der Waals surface area contributed by atoms with Crippen LogP contribution in [0.5, 0.6) is 0 Å². The summed E-state index contributed by atoms with van der Waals surface area (Å²) >= 11 is 0. The zero-order chi connectivity index (χ0) is 12.8. The number of aliphatic hydroxyl groups is 1. The molecule has 0 saturated heterocycles. The van der Waals surface area contributed by atoms with Gasteiger partial charge in [0.05, 0.1) is 23.6 Å². The number of rotatable bonds is 4. The average molecular weight is 243 g/mol. The summed E-state index contributed by atoms with van der Waals surface area (Å²) in [7, 11) is 0. The van der Waals surface area contributed by atoms with Crippen LogP contribution in [-0.4, -0.2) is 34.1 Å². The predicted molar refractivity (Wildman–Crippen MR) is 66.9 cm³/mol. The maximum Gasteiger partial charge on any atom is 0.252 e. The van der Waals surface area contributed by atoms with Gasteiger partial charge in [0.15, 0.2) is 0 Å². The number of amides is 1. The summed E-state index contributed by atoms with van der Waals surface area (Å²) in [4.78, 5) is 19.9. The van der Waals surface area contributed by atoms with Crippen LogP contribution in [0.1, 0.15) is 10.4 Å². The second-order valence-electron chi connectivity index (χ2n) is 3.63. The molecule has 0 aliphatic rings. The molecule has 5 heteroatoms. The number of nitrogens with one attached hydrogen (secondary N) is 1. The lowest BCUT2D eigenvalue weighted by Crippen LogP contribution is -2.26. The van der Waals surface area contributed by atoms with Gasteiger partial charge in [0, 0.05) is 18.9 Å². The lowest BCUT2D eigenvalue weighted by molar-refractivity contribution is 0.0944. The number of aromatic nitrogens is 2. The average Bonchev–Trinajstić information content (AvgIpc) is 2.46. The van der Waals surface area contributed by atoms with Crippen molar-refractivity contribution in [1.29, 1.82) is 0 Å². The normalized spacial score (nSPS) is 10.1. The van der Waals surface area contributed by atoms with Crippen molar-refractivity contribution in [2.75, 3.05) is 13.2 Å². The van der Waals surface area contributed by atoms with Gasteiger partial charge in [-0.15, -0.1) is 0 Å². The third-order valence-electron chi connectivity index (χ3n) is 2.35. The number of hydrogen-bond donors (Lipinski definition) is 2. The van der Waals surface area contributed by atoms with Crippen molar-refractivity contribution in [2.24, 2.45) is 0 Å². The van der Waals surface area contributed by atoms with Crippen molar-refractivity contribution in [1.82, 2.24) is 15.3 Å². The first-order chi connectivity index (χ1) is 8.81. The Kier molecular flexibility index (Phi) is 3.98. The van der Waals surface area contributed by atoms with E-state index in [-0.39, 0.29) is 19.1 Å². The maximum atomic E-state index is 11.6. The fraction of sp³-hybridized carbons (Fsp3) is 0.154. The summed E-state index contributed by atoms with van der Waals surface area (Å²) in [5, 5.41) is 11.2. The number of aliphatic hydroxyl groups excluding tert-OH is 1. The molecule has 0 aliphatic heterocycles. The van der Waals surface area contributed by atoms with Crippen LogP contribution in [0.25, 0.3) is 11.4 Å². The summed E-state index contributed by atoms with van der Waals surface area (Å²) in [6, 6.07) is 9.00. The van der Waals surface area contributed by atoms with E-state index in [1.54, 1.807) is 18.3 Å². The largest absolute Gasteiger partial charge is 0.395 e. The molecular formula is C13H13N3O2. The van der Waals surface area contributed by atoms with Crippen LogP contribution >= 0.6 is 0 Å². The standard InChI is InChI=1S/C13H13N3O2/c17-8-7-15-13(18)10-4-5-12(16-9-10)11-3-1-2-6-14-11/h1-6,9,17H,7-8H2,(H,15,18). The molecule has 2 aromatic heterocycles. The van der Waals surface area contributed by atoms with Crippen molar-refractivity contribution in [3.05, 3.63) is 48.3 Å². The molecule has 0 saturated carbocycles. The Morgan fingerprint density at radius 1 is 1.17 bits per heavy atom. The third kappa shape index (κ3) is 2.89. The van der Waals surface area contributed by atoms with Crippen LogP contribution in [0.2, 0.25) is 0 Å².